The van der Waals surface area contributed by atoms with Crippen molar-refractivity contribution in [2.75, 3.05) is 6.61 Å². The van der Waals surface area contributed by atoms with Gasteiger partial charge in [0.25, 0.3) is 0 Å². The van der Waals surface area contributed by atoms with E-state index in [4.69, 9.17) is 11.6 Å². The molecule has 1 unspecified atom stereocenters. The Morgan fingerprint density at radius 3 is 2.50 bits per heavy atom. The Morgan fingerprint density at radius 1 is 1.20 bits per heavy atom. The van der Waals surface area contributed by atoms with Crippen LogP contribution in [0.4, 0.5) is 4.39 Å². The Labute approximate surface area is 123 Å². The number of rotatable bonds is 5. The quantitative estimate of drug-likeness (QED) is 0.885. The molecule has 2 N–H and O–H groups in total. The lowest BCUT2D eigenvalue weighted by atomic mass is 9.92. The second-order valence-electron chi connectivity index (χ2n) is 4.99. The van der Waals surface area contributed by atoms with E-state index in [1.54, 1.807) is 6.07 Å². The Bertz CT molecular complexity index is 556. The van der Waals surface area contributed by atoms with Gasteiger partial charge in [-0.25, -0.2) is 4.39 Å². The summed E-state index contributed by atoms with van der Waals surface area (Å²) in [4.78, 5) is 0. The number of hydrogen-bond acceptors (Lipinski definition) is 2. The fourth-order valence-electron chi connectivity index (χ4n) is 2.07. The predicted octanol–water partition coefficient (Wildman–Crippen LogP) is 3.48. The van der Waals surface area contributed by atoms with Crippen molar-refractivity contribution in [1.29, 1.82) is 0 Å². The summed E-state index contributed by atoms with van der Waals surface area (Å²) in [6, 6.07) is 14.1. The first-order valence-electron chi connectivity index (χ1n) is 6.40. The molecule has 0 spiro atoms. The average Bonchev–Trinajstić information content (AvgIpc) is 2.45. The zero-order valence-corrected chi connectivity index (χ0v) is 12.0. The molecule has 4 heteroatoms. The van der Waals surface area contributed by atoms with Crippen molar-refractivity contribution in [2.45, 2.75) is 19.0 Å². The van der Waals surface area contributed by atoms with Crippen LogP contribution >= 0.6 is 11.6 Å². The van der Waals surface area contributed by atoms with Crippen molar-refractivity contribution < 1.29 is 9.50 Å². The molecular weight excluding hydrogens is 277 g/mol. The topological polar surface area (TPSA) is 32.3 Å². The van der Waals surface area contributed by atoms with E-state index in [0.29, 0.717) is 11.6 Å². The normalized spacial score (nSPS) is 14.0. The first-order chi connectivity index (χ1) is 9.53. The molecular formula is C16H17ClFNO. The minimum atomic E-state index is -0.583. The Balaban J connectivity index is 2.15. The van der Waals surface area contributed by atoms with E-state index in [1.807, 2.05) is 37.3 Å². The van der Waals surface area contributed by atoms with Gasteiger partial charge >= 0.3 is 0 Å². The molecule has 0 saturated carbocycles. The number of aliphatic hydroxyl groups is 1. The Hall–Kier alpha value is -1.42. The van der Waals surface area contributed by atoms with Gasteiger partial charge in [-0.3, -0.25) is 0 Å². The number of benzene rings is 2. The van der Waals surface area contributed by atoms with Gasteiger partial charge in [0.05, 0.1) is 12.1 Å². The van der Waals surface area contributed by atoms with Crippen molar-refractivity contribution in [3.05, 3.63) is 70.5 Å². The zero-order chi connectivity index (χ0) is 14.6. The van der Waals surface area contributed by atoms with Crippen molar-refractivity contribution in [3.63, 3.8) is 0 Å². The summed E-state index contributed by atoms with van der Waals surface area (Å²) in [5.74, 6) is -0.361. The summed E-state index contributed by atoms with van der Waals surface area (Å²) in [5.41, 5.74) is 1.13. The smallest absolute Gasteiger partial charge is 0.125 e. The van der Waals surface area contributed by atoms with Crippen molar-refractivity contribution >= 4 is 11.6 Å². The molecule has 2 nitrogen and oxygen atoms in total. The zero-order valence-electron chi connectivity index (χ0n) is 11.2. The van der Waals surface area contributed by atoms with Gasteiger partial charge in [-0.15, -0.1) is 0 Å². The maximum atomic E-state index is 13.3. The van der Waals surface area contributed by atoms with Gasteiger partial charge < -0.3 is 10.4 Å². The van der Waals surface area contributed by atoms with Crippen LogP contribution in [0.5, 0.6) is 0 Å². The summed E-state index contributed by atoms with van der Waals surface area (Å²) in [6.45, 7) is 2.27. The van der Waals surface area contributed by atoms with E-state index in [9.17, 15) is 9.50 Å². The van der Waals surface area contributed by atoms with Gasteiger partial charge in [-0.05, 0) is 36.2 Å². The lowest BCUT2D eigenvalue weighted by Gasteiger charge is -2.29. The standard InChI is InChI=1S/C16H17ClFNO/c1-16(11-20,13-5-3-2-4-6-13)19-10-12-7-14(17)9-15(18)8-12/h2-9,19-20H,10-11H2,1H3. The van der Waals surface area contributed by atoms with Crippen LogP contribution in [0, 0.1) is 5.82 Å². The van der Waals surface area contributed by atoms with Gasteiger partial charge in [0, 0.05) is 11.6 Å². The maximum Gasteiger partial charge on any atom is 0.125 e. The summed E-state index contributed by atoms with van der Waals surface area (Å²) in [7, 11) is 0. The van der Waals surface area contributed by atoms with Crippen LogP contribution in [0.3, 0.4) is 0 Å². The van der Waals surface area contributed by atoms with Crippen LogP contribution < -0.4 is 5.32 Å². The summed E-state index contributed by atoms with van der Waals surface area (Å²) in [5, 5.41) is 13.3. The number of halogens is 2. The molecule has 2 rings (SSSR count). The molecule has 0 aromatic heterocycles. The second kappa shape index (κ2) is 6.35. The third-order valence-corrected chi connectivity index (χ3v) is 3.55. The number of nitrogens with one attached hydrogen (secondary N) is 1. The molecule has 20 heavy (non-hydrogen) atoms. The van der Waals surface area contributed by atoms with Gasteiger partial charge in [0.2, 0.25) is 0 Å². The molecule has 106 valence electrons. The molecule has 0 saturated heterocycles. The van der Waals surface area contributed by atoms with Crippen molar-refractivity contribution in [1.82, 2.24) is 5.32 Å². The summed E-state index contributed by atoms with van der Waals surface area (Å²) in [6.07, 6.45) is 0. The van der Waals surface area contributed by atoms with Crippen molar-refractivity contribution in [2.24, 2.45) is 0 Å². The predicted molar refractivity (Wildman–Crippen MR) is 79.1 cm³/mol. The van der Waals surface area contributed by atoms with Crippen LogP contribution in [-0.2, 0) is 12.1 Å². The fraction of sp³-hybridized carbons (Fsp3) is 0.250. The lowest BCUT2D eigenvalue weighted by Crippen LogP contribution is -2.42. The van der Waals surface area contributed by atoms with E-state index >= 15 is 0 Å². The largest absolute Gasteiger partial charge is 0.394 e. The SMILES string of the molecule is CC(CO)(NCc1cc(F)cc(Cl)c1)c1ccccc1. The molecule has 0 aliphatic carbocycles. The van der Waals surface area contributed by atoms with Crippen LogP contribution in [0.25, 0.3) is 0 Å². The van der Waals surface area contributed by atoms with Crippen LogP contribution in [0.15, 0.2) is 48.5 Å². The second-order valence-corrected chi connectivity index (χ2v) is 5.42. The monoisotopic (exact) mass is 293 g/mol. The van der Waals surface area contributed by atoms with Gasteiger partial charge in [-0.2, -0.15) is 0 Å². The Kier molecular flexibility index (Phi) is 4.76. The lowest BCUT2D eigenvalue weighted by molar-refractivity contribution is 0.173. The Morgan fingerprint density at radius 2 is 1.90 bits per heavy atom. The molecule has 2 aromatic carbocycles. The van der Waals surface area contributed by atoms with Crippen LogP contribution in [-0.4, -0.2) is 11.7 Å². The third kappa shape index (κ3) is 3.57. The molecule has 0 fully saturated rings. The molecule has 1 atom stereocenters. The van der Waals surface area contributed by atoms with Crippen LogP contribution in [0.1, 0.15) is 18.1 Å². The van der Waals surface area contributed by atoms with E-state index in [2.05, 4.69) is 5.32 Å². The molecule has 0 aliphatic heterocycles. The minimum absolute atomic E-state index is 0.0555. The molecule has 2 aromatic rings. The summed E-state index contributed by atoms with van der Waals surface area (Å²) < 4.78 is 13.3. The fourth-order valence-corrected chi connectivity index (χ4v) is 2.31. The third-order valence-electron chi connectivity index (χ3n) is 3.33. The van der Waals surface area contributed by atoms with Gasteiger partial charge in [-0.1, -0.05) is 41.9 Å². The molecule has 0 amide bonds. The van der Waals surface area contributed by atoms with E-state index in [-0.39, 0.29) is 12.4 Å². The highest BCUT2D eigenvalue weighted by Gasteiger charge is 2.24. The highest BCUT2D eigenvalue weighted by molar-refractivity contribution is 6.30. The van der Waals surface area contributed by atoms with E-state index in [0.717, 1.165) is 11.1 Å². The first-order valence-corrected chi connectivity index (χ1v) is 6.78. The highest BCUT2D eigenvalue weighted by atomic mass is 35.5. The number of hydrogen-bond donors (Lipinski definition) is 2. The maximum absolute atomic E-state index is 13.3. The van der Waals surface area contributed by atoms with E-state index < -0.39 is 5.54 Å². The highest BCUT2D eigenvalue weighted by Crippen LogP contribution is 2.21. The van der Waals surface area contributed by atoms with Gasteiger partial charge in [0.15, 0.2) is 0 Å². The number of aliphatic hydroxyl groups excluding tert-OH is 1. The average molecular weight is 294 g/mol. The molecule has 0 heterocycles. The minimum Gasteiger partial charge on any atom is -0.394 e. The van der Waals surface area contributed by atoms with Crippen LogP contribution in [0.2, 0.25) is 5.02 Å². The molecule has 0 radical (unpaired) electrons. The first kappa shape index (κ1) is 15.0. The molecule has 0 bridgehead atoms. The molecule has 0 aliphatic rings. The van der Waals surface area contributed by atoms with Gasteiger partial charge in [0.1, 0.15) is 5.82 Å². The van der Waals surface area contributed by atoms with E-state index in [1.165, 1.54) is 12.1 Å². The summed E-state index contributed by atoms with van der Waals surface area (Å²) >= 11 is 5.83. The van der Waals surface area contributed by atoms with Crippen molar-refractivity contribution in [3.8, 4) is 0 Å².